The van der Waals surface area contributed by atoms with E-state index >= 15 is 0 Å². The molecule has 0 spiro atoms. The van der Waals surface area contributed by atoms with Gasteiger partial charge in [0.15, 0.2) is 5.37 Å². The fourth-order valence-electron chi connectivity index (χ4n) is 2.56. The van der Waals surface area contributed by atoms with Crippen molar-refractivity contribution < 1.29 is 27.9 Å². The van der Waals surface area contributed by atoms with Crippen LogP contribution < -0.4 is 9.80 Å². The van der Waals surface area contributed by atoms with Gasteiger partial charge in [0.05, 0.1) is 12.8 Å². The Morgan fingerprint density at radius 2 is 1.63 bits per heavy atom. The van der Waals surface area contributed by atoms with Crippen LogP contribution in [0.25, 0.3) is 0 Å². The highest BCUT2D eigenvalue weighted by Gasteiger charge is 2.44. The van der Waals surface area contributed by atoms with E-state index in [1.54, 1.807) is 0 Å². The molecule has 9 heteroatoms. The van der Waals surface area contributed by atoms with Crippen molar-refractivity contribution in [3.63, 3.8) is 0 Å². The summed E-state index contributed by atoms with van der Waals surface area (Å²) in [6, 6.07) is 10.1. The number of methoxy groups -OCH3 is 1. The number of carbonyl (C=O) groups is 3. The van der Waals surface area contributed by atoms with E-state index in [9.17, 15) is 23.2 Å². The van der Waals surface area contributed by atoms with Crippen LogP contribution in [0.3, 0.4) is 0 Å². The molecule has 2 amide bonds. The fourth-order valence-corrected chi connectivity index (χ4v) is 3.59. The lowest BCUT2D eigenvalue weighted by Crippen LogP contribution is -2.44. The number of imide groups is 1. The molecule has 2 aromatic rings. The predicted octanol–water partition coefficient (Wildman–Crippen LogP) is 3.17. The van der Waals surface area contributed by atoms with Gasteiger partial charge in [0.2, 0.25) is 0 Å². The lowest BCUT2D eigenvalue weighted by atomic mass is 10.2. The van der Waals surface area contributed by atoms with E-state index in [0.717, 1.165) is 17.0 Å². The topological polar surface area (TPSA) is 66.9 Å². The number of nitrogens with zero attached hydrogens (tertiary/aromatic N) is 2. The summed E-state index contributed by atoms with van der Waals surface area (Å²) < 4.78 is 31.0. The predicted molar refractivity (Wildman–Crippen MR) is 96.4 cm³/mol. The lowest BCUT2D eigenvalue weighted by Gasteiger charge is -2.27. The maximum Gasteiger partial charge on any atom is 0.325 e. The third-order valence-corrected chi connectivity index (χ3v) is 4.94. The third kappa shape index (κ3) is 3.92. The molecule has 0 saturated carbocycles. The van der Waals surface area contributed by atoms with Crippen molar-refractivity contribution in [2.75, 3.05) is 23.5 Å². The molecule has 0 unspecified atom stereocenters. The fraction of sp³-hybridized carbons (Fsp3) is 0.167. The number of amides is 2. The number of benzene rings is 2. The largest absolute Gasteiger partial charge is 0.468 e. The Labute approximate surface area is 157 Å². The van der Waals surface area contributed by atoms with E-state index in [2.05, 4.69) is 4.74 Å². The summed E-state index contributed by atoms with van der Waals surface area (Å²) in [4.78, 5) is 39.4. The number of carbonyl (C=O) groups excluding carboxylic acids is 3. The highest BCUT2D eigenvalue weighted by atomic mass is 32.2. The van der Waals surface area contributed by atoms with Crippen LogP contribution in [0, 0.1) is 11.6 Å². The number of rotatable bonds is 5. The molecule has 0 radical (unpaired) electrons. The second-order valence-electron chi connectivity index (χ2n) is 5.57. The molecule has 0 aromatic heterocycles. The Morgan fingerprint density at radius 1 is 1.07 bits per heavy atom. The van der Waals surface area contributed by atoms with Gasteiger partial charge in [-0.05, 0) is 60.3 Å². The number of anilines is 2. The molecule has 3 rings (SSSR count). The van der Waals surface area contributed by atoms with Crippen molar-refractivity contribution in [3.05, 3.63) is 60.2 Å². The van der Waals surface area contributed by atoms with Crippen LogP contribution >= 0.6 is 11.8 Å². The normalized spacial score (nSPS) is 16.6. The van der Waals surface area contributed by atoms with Gasteiger partial charge >= 0.3 is 5.97 Å². The molecule has 1 fully saturated rings. The minimum absolute atomic E-state index is 0.221. The molecule has 6 nitrogen and oxygen atoms in total. The van der Waals surface area contributed by atoms with E-state index in [-0.39, 0.29) is 12.2 Å². The van der Waals surface area contributed by atoms with Gasteiger partial charge in [0.1, 0.15) is 18.2 Å². The van der Waals surface area contributed by atoms with Gasteiger partial charge in [-0.15, -0.1) is 0 Å². The molecular formula is C18H14F2N2O4S. The summed E-state index contributed by atoms with van der Waals surface area (Å²) in [5.74, 6) is -2.20. The highest BCUT2D eigenvalue weighted by Crippen LogP contribution is 2.35. The summed E-state index contributed by atoms with van der Waals surface area (Å²) in [6.07, 6.45) is 0. The number of hydrogen-bond donors (Lipinski definition) is 0. The summed E-state index contributed by atoms with van der Waals surface area (Å²) in [5.41, 5.74) is 0.597. The van der Waals surface area contributed by atoms with Crippen LogP contribution in [0.15, 0.2) is 48.5 Å². The molecule has 1 aliphatic heterocycles. The highest BCUT2D eigenvalue weighted by molar-refractivity contribution is 8.16. The molecule has 1 heterocycles. The Bertz CT molecular complexity index is 874. The van der Waals surface area contributed by atoms with Gasteiger partial charge in [-0.2, -0.15) is 0 Å². The molecule has 27 heavy (non-hydrogen) atoms. The lowest BCUT2D eigenvalue weighted by molar-refractivity contribution is -0.139. The minimum Gasteiger partial charge on any atom is -0.468 e. The monoisotopic (exact) mass is 392 g/mol. The van der Waals surface area contributed by atoms with Crippen molar-refractivity contribution in [2.45, 2.75) is 5.37 Å². The Morgan fingerprint density at radius 3 is 2.19 bits per heavy atom. The van der Waals surface area contributed by atoms with Crippen LogP contribution in [-0.4, -0.2) is 36.1 Å². The Hall–Kier alpha value is -2.94. The first-order valence-electron chi connectivity index (χ1n) is 7.80. The van der Waals surface area contributed by atoms with Crippen LogP contribution in [-0.2, 0) is 14.3 Å². The Balaban J connectivity index is 1.93. The average Bonchev–Trinajstić information content (AvgIpc) is 2.95. The molecule has 0 N–H and O–H groups in total. The van der Waals surface area contributed by atoms with E-state index in [4.69, 9.17) is 0 Å². The van der Waals surface area contributed by atoms with Crippen molar-refractivity contribution in [1.29, 1.82) is 0 Å². The number of esters is 1. The zero-order valence-corrected chi connectivity index (χ0v) is 14.9. The van der Waals surface area contributed by atoms with E-state index in [1.807, 2.05) is 0 Å². The standard InChI is InChI=1S/C18H14F2N2O4S/c1-26-15(23)10-21(13-6-2-11(19)3-7-13)17-16(24)22(18(25)27-17)14-8-4-12(20)5-9-14/h2-9,17H,10H2,1H3/t17-/m1/s1. The quantitative estimate of drug-likeness (QED) is 0.729. The van der Waals surface area contributed by atoms with Gasteiger partial charge in [-0.3, -0.25) is 14.4 Å². The van der Waals surface area contributed by atoms with Gasteiger partial charge in [0, 0.05) is 5.69 Å². The summed E-state index contributed by atoms with van der Waals surface area (Å²) >= 11 is 0.709. The SMILES string of the molecule is COC(=O)CN(c1ccc(F)cc1)[C@@H]1SC(=O)N(c2ccc(F)cc2)C1=O. The molecule has 140 valence electrons. The van der Waals surface area contributed by atoms with Crippen LogP contribution in [0.2, 0.25) is 0 Å². The van der Waals surface area contributed by atoms with Crippen LogP contribution in [0.4, 0.5) is 25.0 Å². The van der Waals surface area contributed by atoms with Crippen molar-refractivity contribution >= 4 is 40.3 Å². The molecular weight excluding hydrogens is 378 g/mol. The third-order valence-electron chi connectivity index (χ3n) is 3.88. The van der Waals surface area contributed by atoms with Crippen molar-refractivity contribution in [3.8, 4) is 0 Å². The molecule has 0 aliphatic carbocycles. The molecule has 1 atom stereocenters. The first-order chi connectivity index (χ1) is 12.9. The summed E-state index contributed by atoms with van der Waals surface area (Å²) in [5, 5.41) is -1.61. The molecule has 2 aromatic carbocycles. The zero-order chi connectivity index (χ0) is 19.6. The first kappa shape index (κ1) is 18.8. The maximum absolute atomic E-state index is 13.2. The van der Waals surface area contributed by atoms with E-state index in [0.29, 0.717) is 17.4 Å². The molecule has 0 bridgehead atoms. The van der Waals surface area contributed by atoms with Gasteiger partial charge < -0.3 is 9.64 Å². The summed E-state index contributed by atoms with van der Waals surface area (Å²) in [6.45, 7) is -0.309. The van der Waals surface area contributed by atoms with Crippen molar-refractivity contribution in [1.82, 2.24) is 0 Å². The second-order valence-corrected chi connectivity index (χ2v) is 6.60. The van der Waals surface area contributed by atoms with E-state index in [1.165, 1.54) is 48.4 Å². The van der Waals surface area contributed by atoms with Gasteiger partial charge in [-0.1, -0.05) is 0 Å². The maximum atomic E-state index is 13.2. The van der Waals surface area contributed by atoms with E-state index < -0.39 is 34.1 Å². The molecule has 1 saturated heterocycles. The van der Waals surface area contributed by atoms with Crippen molar-refractivity contribution in [2.24, 2.45) is 0 Å². The molecule has 1 aliphatic rings. The smallest absolute Gasteiger partial charge is 0.325 e. The van der Waals surface area contributed by atoms with Crippen LogP contribution in [0.5, 0.6) is 0 Å². The number of thioether (sulfide) groups is 1. The summed E-state index contributed by atoms with van der Waals surface area (Å²) in [7, 11) is 1.20. The first-order valence-corrected chi connectivity index (χ1v) is 8.68. The van der Waals surface area contributed by atoms with Crippen LogP contribution in [0.1, 0.15) is 0 Å². The number of ether oxygens (including phenoxy) is 1. The number of hydrogen-bond acceptors (Lipinski definition) is 6. The average molecular weight is 392 g/mol. The Kier molecular flexibility index (Phi) is 5.41. The van der Waals surface area contributed by atoms with Gasteiger partial charge in [-0.25, -0.2) is 13.7 Å². The minimum atomic E-state index is -1.05. The zero-order valence-electron chi connectivity index (χ0n) is 14.1. The number of halogens is 2. The second kappa shape index (κ2) is 7.75. The van der Waals surface area contributed by atoms with Gasteiger partial charge in [0.25, 0.3) is 11.1 Å².